The molecule has 1 N–H and O–H groups in total. The Balaban J connectivity index is 1.58. The highest BCUT2D eigenvalue weighted by molar-refractivity contribution is 5.89. The second-order valence-corrected chi connectivity index (χ2v) is 6.64. The van der Waals surface area contributed by atoms with Crippen molar-refractivity contribution in [3.05, 3.63) is 29.8 Å². The second-order valence-electron chi connectivity index (χ2n) is 6.64. The number of benzene rings is 1. The topological polar surface area (TPSA) is 44.8 Å². The second kappa shape index (κ2) is 8.58. The predicted octanol–water partition coefficient (Wildman–Crippen LogP) is 3.07. The van der Waals surface area contributed by atoms with Gasteiger partial charge in [0.05, 0.1) is 18.9 Å². The molecule has 2 amide bonds. The summed E-state index contributed by atoms with van der Waals surface area (Å²) in [6, 6.07) is 3.03. The lowest BCUT2D eigenvalue weighted by molar-refractivity contribution is 0.0329. The van der Waals surface area contributed by atoms with Crippen LogP contribution in [0.4, 0.5) is 19.3 Å². The van der Waals surface area contributed by atoms with E-state index in [-0.39, 0.29) is 17.8 Å². The molecule has 138 valence electrons. The maximum atomic E-state index is 13.8. The van der Waals surface area contributed by atoms with Gasteiger partial charge in [-0.15, -0.1) is 0 Å². The van der Waals surface area contributed by atoms with Crippen LogP contribution in [0, 0.1) is 11.6 Å². The number of nitrogens with zero attached hydrogens (tertiary/aromatic N) is 2. The van der Waals surface area contributed by atoms with Crippen LogP contribution in [0.3, 0.4) is 0 Å². The third-order valence-corrected chi connectivity index (χ3v) is 4.94. The summed E-state index contributed by atoms with van der Waals surface area (Å²) in [5, 5.41) is 2.59. The number of likely N-dealkylation sites (tertiary alicyclic amines) is 1. The molecule has 1 atom stereocenters. The summed E-state index contributed by atoms with van der Waals surface area (Å²) in [5.41, 5.74) is 0.0175. The van der Waals surface area contributed by atoms with Crippen LogP contribution in [0.25, 0.3) is 0 Å². The van der Waals surface area contributed by atoms with Crippen LogP contribution in [0.5, 0.6) is 0 Å². The van der Waals surface area contributed by atoms with Gasteiger partial charge < -0.3 is 15.0 Å². The smallest absolute Gasteiger partial charge is 0.322 e. The number of amides is 2. The molecule has 0 radical (unpaired) electrons. The molecule has 0 aliphatic carbocycles. The van der Waals surface area contributed by atoms with Crippen molar-refractivity contribution in [2.75, 3.05) is 44.7 Å². The van der Waals surface area contributed by atoms with Gasteiger partial charge in [0.1, 0.15) is 11.6 Å². The zero-order chi connectivity index (χ0) is 17.6. The van der Waals surface area contributed by atoms with Crippen molar-refractivity contribution in [2.45, 2.75) is 31.7 Å². The van der Waals surface area contributed by atoms with E-state index in [2.05, 4.69) is 10.2 Å². The molecule has 7 heteroatoms. The fraction of sp³-hybridized carbons (Fsp3) is 0.611. The van der Waals surface area contributed by atoms with Gasteiger partial charge in [-0.1, -0.05) is 0 Å². The zero-order valence-electron chi connectivity index (χ0n) is 14.3. The standard InChI is InChI=1S/C18H25F2N3O2/c19-14-4-5-17(16(20)13-14)21-18(24)23-7-2-1-3-15(23)6-8-22-9-11-25-12-10-22/h4-5,13,15H,1-3,6-12H2,(H,21,24). The molecular weight excluding hydrogens is 328 g/mol. The van der Waals surface area contributed by atoms with Gasteiger partial charge in [-0.3, -0.25) is 4.90 Å². The minimum Gasteiger partial charge on any atom is -0.379 e. The summed E-state index contributed by atoms with van der Waals surface area (Å²) < 4.78 is 32.1. The third kappa shape index (κ3) is 4.89. The summed E-state index contributed by atoms with van der Waals surface area (Å²) in [7, 11) is 0. The number of carbonyl (C=O) groups excluding carboxylic acids is 1. The van der Waals surface area contributed by atoms with Crippen molar-refractivity contribution in [1.82, 2.24) is 9.80 Å². The van der Waals surface area contributed by atoms with E-state index in [0.29, 0.717) is 6.54 Å². The highest BCUT2D eigenvalue weighted by Crippen LogP contribution is 2.22. The SMILES string of the molecule is O=C(Nc1ccc(F)cc1F)N1CCCCC1CCN1CCOCC1. The molecule has 0 aromatic heterocycles. The van der Waals surface area contributed by atoms with Gasteiger partial charge in [-0.2, -0.15) is 0 Å². The summed E-state index contributed by atoms with van der Waals surface area (Å²) in [6.45, 7) is 4.99. The molecule has 2 saturated heterocycles. The molecule has 25 heavy (non-hydrogen) atoms. The van der Waals surface area contributed by atoms with Crippen LogP contribution < -0.4 is 5.32 Å². The molecule has 1 unspecified atom stereocenters. The number of rotatable bonds is 4. The summed E-state index contributed by atoms with van der Waals surface area (Å²) >= 11 is 0. The first kappa shape index (κ1) is 18.1. The Hall–Kier alpha value is -1.73. The molecule has 1 aromatic carbocycles. The number of nitrogens with one attached hydrogen (secondary N) is 1. The molecule has 3 rings (SSSR count). The third-order valence-electron chi connectivity index (χ3n) is 4.94. The lowest BCUT2D eigenvalue weighted by atomic mass is 9.99. The first-order chi connectivity index (χ1) is 12.1. The number of hydrogen-bond donors (Lipinski definition) is 1. The van der Waals surface area contributed by atoms with E-state index < -0.39 is 11.6 Å². The number of piperidine rings is 1. The van der Waals surface area contributed by atoms with Crippen molar-refractivity contribution < 1.29 is 18.3 Å². The average molecular weight is 353 g/mol. The number of carbonyl (C=O) groups is 1. The van der Waals surface area contributed by atoms with Gasteiger partial charge in [0.15, 0.2) is 0 Å². The Morgan fingerprint density at radius 3 is 2.76 bits per heavy atom. The van der Waals surface area contributed by atoms with Crippen molar-refractivity contribution in [3.8, 4) is 0 Å². The largest absolute Gasteiger partial charge is 0.379 e. The maximum Gasteiger partial charge on any atom is 0.322 e. The predicted molar refractivity (Wildman–Crippen MR) is 91.6 cm³/mol. The quantitative estimate of drug-likeness (QED) is 0.905. The molecule has 0 bridgehead atoms. The molecule has 0 spiro atoms. The molecule has 0 saturated carbocycles. The number of halogens is 2. The van der Waals surface area contributed by atoms with Crippen molar-refractivity contribution in [1.29, 1.82) is 0 Å². The molecule has 5 nitrogen and oxygen atoms in total. The van der Waals surface area contributed by atoms with Gasteiger partial charge in [-0.25, -0.2) is 13.6 Å². The highest BCUT2D eigenvalue weighted by atomic mass is 19.1. The van der Waals surface area contributed by atoms with Crippen LogP contribution in [-0.4, -0.2) is 61.3 Å². The maximum absolute atomic E-state index is 13.8. The van der Waals surface area contributed by atoms with E-state index in [0.717, 1.165) is 70.7 Å². The van der Waals surface area contributed by atoms with E-state index in [4.69, 9.17) is 4.74 Å². The minimum atomic E-state index is -0.754. The highest BCUT2D eigenvalue weighted by Gasteiger charge is 2.27. The summed E-state index contributed by atoms with van der Waals surface area (Å²) in [4.78, 5) is 16.7. The summed E-state index contributed by atoms with van der Waals surface area (Å²) in [6.07, 6.45) is 3.92. The van der Waals surface area contributed by atoms with Gasteiger partial charge in [-0.05, 0) is 37.8 Å². The molecule has 2 aliphatic heterocycles. The van der Waals surface area contributed by atoms with E-state index in [1.807, 2.05) is 0 Å². The van der Waals surface area contributed by atoms with E-state index in [1.54, 1.807) is 4.90 Å². The average Bonchev–Trinajstić information content (AvgIpc) is 2.63. The molecule has 2 aliphatic rings. The number of urea groups is 1. The number of morpholine rings is 1. The number of anilines is 1. The van der Waals surface area contributed by atoms with Crippen LogP contribution in [0.15, 0.2) is 18.2 Å². The first-order valence-electron chi connectivity index (χ1n) is 8.96. The Bertz CT molecular complexity index is 594. The van der Waals surface area contributed by atoms with Crippen LogP contribution in [-0.2, 0) is 4.74 Å². The molecule has 1 aromatic rings. The fourth-order valence-electron chi connectivity index (χ4n) is 3.50. The Labute approximate surface area is 146 Å². The van der Waals surface area contributed by atoms with Crippen molar-refractivity contribution in [3.63, 3.8) is 0 Å². The Kier molecular flexibility index (Phi) is 6.20. The van der Waals surface area contributed by atoms with Crippen molar-refractivity contribution >= 4 is 11.7 Å². The van der Waals surface area contributed by atoms with Gasteiger partial charge >= 0.3 is 6.03 Å². The number of hydrogen-bond acceptors (Lipinski definition) is 3. The van der Waals surface area contributed by atoms with Crippen molar-refractivity contribution in [2.24, 2.45) is 0 Å². The van der Waals surface area contributed by atoms with E-state index >= 15 is 0 Å². The molecule has 2 fully saturated rings. The monoisotopic (exact) mass is 353 g/mol. The summed E-state index contributed by atoms with van der Waals surface area (Å²) in [5.74, 6) is -1.41. The van der Waals surface area contributed by atoms with E-state index in [1.165, 1.54) is 6.07 Å². The normalized spacial score (nSPS) is 22.0. The van der Waals surface area contributed by atoms with Crippen LogP contribution >= 0.6 is 0 Å². The van der Waals surface area contributed by atoms with Crippen LogP contribution in [0.1, 0.15) is 25.7 Å². The minimum absolute atomic E-state index is 0.0175. The lowest BCUT2D eigenvalue weighted by Crippen LogP contribution is -2.48. The zero-order valence-corrected chi connectivity index (χ0v) is 14.3. The first-order valence-corrected chi connectivity index (χ1v) is 8.96. The van der Waals surface area contributed by atoms with Gasteiger partial charge in [0.2, 0.25) is 0 Å². The number of ether oxygens (including phenoxy) is 1. The van der Waals surface area contributed by atoms with Gasteiger partial charge in [0, 0.05) is 38.3 Å². The fourth-order valence-corrected chi connectivity index (χ4v) is 3.50. The lowest BCUT2D eigenvalue weighted by Gasteiger charge is -2.37. The molecular formula is C18H25F2N3O2. The van der Waals surface area contributed by atoms with Crippen LogP contribution in [0.2, 0.25) is 0 Å². The Morgan fingerprint density at radius 2 is 2.00 bits per heavy atom. The van der Waals surface area contributed by atoms with Gasteiger partial charge in [0.25, 0.3) is 0 Å². The van der Waals surface area contributed by atoms with E-state index in [9.17, 15) is 13.6 Å². The molecule has 2 heterocycles. The Morgan fingerprint density at radius 1 is 1.20 bits per heavy atom.